The molecular formula is C20H19FN2O2S. The monoisotopic (exact) mass is 370 g/mol. The first-order chi connectivity index (χ1) is 12.5. The van der Waals surface area contributed by atoms with Crippen LogP contribution in [0.4, 0.5) is 4.39 Å². The fraction of sp³-hybridized carbons (Fsp3) is 0.200. The summed E-state index contributed by atoms with van der Waals surface area (Å²) < 4.78 is 18.3. The van der Waals surface area contributed by atoms with E-state index in [1.807, 2.05) is 37.3 Å². The summed E-state index contributed by atoms with van der Waals surface area (Å²) in [6.45, 7) is 2.29. The summed E-state index contributed by atoms with van der Waals surface area (Å²) in [7, 11) is 1.74. The molecule has 0 atom stereocenters. The molecule has 0 saturated carbocycles. The topological polar surface area (TPSA) is 46.3 Å². The minimum atomic E-state index is -0.285. The SMILES string of the molecule is Cc1cc(CSc2ccccc2C(=O)N(C)Cc2ccc(F)cc2)on1. The zero-order chi connectivity index (χ0) is 18.5. The van der Waals surface area contributed by atoms with Crippen molar-refractivity contribution < 1.29 is 13.7 Å². The average Bonchev–Trinajstić information content (AvgIpc) is 3.07. The Bertz CT molecular complexity index is 893. The molecule has 0 aliphatic rings. The highest BCUT2D eigenvalue weighted by atomic mass is 32.2. The third-order valence-corrected chi connectivity index (χ3v) is 4.94. The Morgan fingerprint density at radius 2 is 1.92 bits per heavy atom. The van der Waals surface area contributed by atoms with Crippen molar-refractivity contribution in [1.82, 2.24) is 10.1 Å². The van der Waals surface area contributed by atoms with Crippen LogP contribution in [0.3, 0.4) is 0 Å². The van der Waals surface area contributed by atoms with E-state index in [1.165, 1.54) is 23.9 Å². The number of halogens is 1. The van der Waals surface area contributed by atoms with Crippen LogP contribution in [0, 0.1) is 12.7 Å². The Hall–Kier alpha value is -2.60. The lowest BCUT2D eigenvalue weighted by Crippen LogP contribution is -2.26. The number of rotatable bonds is 6. The molecule has 134 valence electrons. The Morgan fingerprint density at radius 3 is 2.62 bits per heavy atom. The van der Waals surface area contributed by atoms with Gasteiger partial charge >= 0.3 is 0 Å². The quantitative estimate of drug-likeness (QED) is 0.591. The molecule has 3 rings (SSSR count). The van der Waals surface area contributed by atoms with Crippen LogP contribution >= 0.6 is 11.8 Å². The van der Waals surface area contributed by atoms with Crippen molar-refractivity contribution in [2.45, 2.75) is 24.1 Å². The first-order valence-corrected chi connectivity index (χ1v) is 9.15. The van der Waals surface area contributed by atoms with Crippen LogP contribution in [0.15, 0.2) is 64.0 Å². The lowest BCUT2D eigenvalue weighted by Gasteiger charge is -2.19. The molecule has 1 aromatic heterocycles. The minimum absolute atomic E-state index is 0.0776. The van der Waals surface area contributed by atoms with Crippen LogP contribution in [0.25, 0.3) is 0 Å². The maximum atomic E-state index is 13.0. The summed E-state index contributed by atoms with van der Waals surface area (Å²) in [6, 6.07) is 15.6. The van der Waals surface area contributed by atoms with Crippen molar-refractivity contribution in [2.24, 2.45) is 0 Å². The van der Waals surface area contributed by atoms with Gasteiger partial charge in [-0.05, 0) is 36.8 Å². The largest absolute Gasteiger partial charge is 0.360 e. The molecule has 6 heteroatoms. The highest BCUT2D eigenvalue weighted by Crippen LogP contribution is 2.27. The van der Waals surface area contributed by atoms with Gasteiger partial charge in [-0.1, -0.05) is 29.4 Å². The number of amides is 1. The third-order valence-electron chi connectivity index (χ3n) is 3.84. The normalized spacial score (nSPS) is 10.7. The fourth-order valence-electron chi connectivity index (χ4n) is 2.54. The first kappa shape index (κ1) is 18.2. The number of carbonyl (C=O) groups excluding carboxylic acids is 1. The number of aromatic nitrogens is 1. The molecule has 4 nitrogen and oxygen atoms in total. The number of thioether (sulfide) groups is 1. The van der Waals surface area contributed by atoms with Gasteiger partial charge in [-0.2, -0.15) is 0 Å². The molecule has 0 radical (unpaired) electrons. The molecule has 1 amide bonds. The highest BCUT2D eigenvalue weighted by Gasteiger charge is 2.16. The standard InChI is InChI=1S/C20H19FN2O2S/c1-14-11-17(25-22-14)13-26-19-6-4-3-5-18(19)20(24)23(2)12-15-7-9-16(21)10-8-15/h3-11H,12-13H2,1-2H3. The highest BCUT2D eigenvalue weighted by molar-refractivity contribution is 7.98. The predicted molar refractivity (Wildman–Crippen MR) is 99.4 cm³/mol. The predicted octanol–water partition coefficient (Wildman–Crippen LogP) is 4.69. The molecule has 0 bridgehead atoms. The Balaban J connectivity index is 1.71. The molecule has 3 aromatic rings. The second-order valence-corrected chi connectivity index (χ2v) is 7.02. The Labute approximate surface area is 156 Å². The summed E-state index contributed by atoms with van der Waals surface area (Å²) >= 11 is 1.54. The van der Waals surface area contributed by atoms with Crippen molar-refractivity contribution in [3.63, 3.8) is 0 Å². The Kier molecular flexibility index (Phi) is 5.73. The van der Waals surface area contributed by atoms with E-state index in [2.05, 4.69) is 5.16 Å². The van der Waals surface area contributed by atoms with Crippen LogP contribution in [0.5, 0.6) is 0 Å². The van der Waals surface area contributed by atoms with Gasteiger partial charge in [0.2, 0.25) is 0 Å². The lowest BCUT2D eigenvalue weighted by molar-refractivity contribution is 0.0781. The summed E-state index contributed by atoms with van der Waals surface area (Å²) in [5, 5.41) is 3.88. The van der Waals surface area contributed by atoms with E-state index in [9.17, 15) is 9.18 Å². The number of nitrogens with zero attached hydrogens (tertiary/aromatic N) is 2. The molecule has 0 unspecified atom stereocenters. The number of aryl methyl sites for hydroxylation is 1. The van der Waals surface area contributed by atoms with E-state index in [0.717, 1.165) is 21.9 Å². The molecule has 0 aliphatic heterocycles. The number of hydrogen-bond donors (Lipinski definition) is 0. The van der Waals surface area contributed by atoms with Crippen LogP contribution in [0.1, 0.15) is 27.4 Å². The zero-order valence-corrected chi connectivity index (χ0v) is 15.4. The molecule has 0 saturated heterocycles. The van der Waals surface area contributed by atoms with Crippen molar-refractivity contribution in [2.75, 3.05) is 7.05 Å². The molecule has 0 spiro atoms. The van der Waals surface area contributed by atoms with Gasteiger partial charge in [-0.15, -0.1) is 11.8 Å². The van der Waals surface area contributed by atoms with E-state index in [0.29, 0.717) is 17.9 Å². The summed E-state index contributed by atoms with van der Waals surface area (Å²) in [6.07, 6.45) is 0. The van der Waals surface area contributed by atoms with E-state index in [4.69, 9.17) is 4.52 Å². The van der Waals surface area contributed by atoms with E-state index in [1.54, 1.807) is 24.1 Å². The third kappa shape index (κ3) is 4.52. The van der Waals surface area contributed by atoms with Gasteiger partial charge in [0.15, 0.2) is 0 Å². The van der Waals surface area contributed by atoms with Crippen molar-refractivity contribution in [3.8, 4) is 0 Å². The van der Waals surface area contributed by atoms with E-state index in [-0.39, 0.29) is 11.7 Å². The first-order valence-electron chi connectivity index (χ1n) is 8.17. The molecule has 26 heavy (non-hydrogen) atoms. The maximum absolute atomic E-state index is 13.0. The summed E-state index contributed by atoms with van der Waals surface area (Å²) in [5.74, 6) is 1.01. The summed E-state index contributed by atoms with van der Waals surface area (Å²) in [5.41, 5.74) is 2.35. The van der Waals surface area contributed by atoms with Gasteiger partial charge in [0, 0.05) is 24.6 Å². The van der Waals surface area contributed by atoms with Gasteiger partial charge in [0.1, 0.15) is 11.6 Å². The number of carbonyl (C=O) groups is 1. The molecule has 0 fully saturated rings. The van der Waals surface area contributed by atoms with Crippen LogP contribution in [-0.2, 0) is 12.3 Å². The average molecular weight is 370 g/mol. The van der Waals surface area contributed by atoms with Gasteiger partial charge < -0.3 is 9.42 Å². The van der Waals surface area contributed by atoms with Crippen LogP contribution in [0.2, 0.25) is 0 Å². The van der Waals surface area contributed by atoms with Gasteiger partial charge in [-0.25, -0.2) is 4.39 Å². The minimum Gasteiger partial charge on any atom is -0.360 e. The number of hydrogen-bond acceptors (Lipinski definition) is 4. The van der Waals surface area contributed by atoms with Gasteiger partial charge in [-0.3, -0.25) is 4.79 Å². The Morgan fingerprint density at radius 1 is 1.19 bits per heavy atom. The maximum Gasteiger partial charge on any atom is 0.255 e. The van der Waals surface area contributed by atoms with E-state index >= 15 is 0 Å². The molecular weight excluding hydrogens is 351 g/mol. The molecule has 0 aliphatic carbocycles. The van der Waals surface area contributed by atoms with E-state index < -0.39 is 0 Å². The fourth-order valence-corrected chi connectivity index (χ4v) is 3.46. The lowest BCUT2D eigenvalue weighted by atomic mass is 10.1. The summed E-state index contributed by atoms with van der Waals surface area (Å²) in [4.78, 5) is 15.4. The van der Waals surface area contributed by atoms with Crippen molar-refractivity contribution in [3.05, 3.63) is 83.0 Å². The molecule has 2 aromatic carbocycles. The smallest absolute Gasteiger partial charge is 0.255 e. The molecule has 0 N–H and O–H groups in total. The van der Waals surface area contributed by atoms with Crippen molar-refractivity contribution >= 4 is 17.7 Å². The van der Waals surface area contributed by atoms with Gasteiger partial charge in [0.25, 0.3) is 5.91 Å². The van der Waals surface area contributed by atoms with Gasteiger partial charge in [0.05, 0.1) is 17.0 Å². The zero-order valence-electron chi connectivity index (χ0n) is 14.6. The van der Waals surface area contributed by atoms with Crippen LogP contribution in [-0.4, -0.2) is 23.0 Å². The van der Waals surface area contributed by atoms with Crippen molar-refractivity contribution in [1.29, 1.82) is 0 Å². The second kappa shape index (κ2) is 8.19. The van der Waals surface area contributed by atoms with Crippen LogP contribution < -0.4 is 0 Å². The number of benzene rings is 2. The second-order valence-electron chi connectivity index (χ2n) is 6.01. The molecule has 1 heterocycles.